The third-order valence-corrected chi connectivity index (χ3v) is 3.26. The quantitative estimate of drug-likeness (QED) is 0.739. The van der Waals surface area contributed by atoms with Gasteiger partial charge in [0, 0.05) is 13.1 Å². The van der Waals surface area contributed by atoms with Crippen molar-refractivity contribution in [3.05, 3.63) is 33.8 Å². The molecule has 0 radical (unpaired) electrons. The van der Waals surface area contributed by atoms with Crippen LogP contribution in [0, 0.1) is 0 Å². The Morgan fingerprint density at radius 2 is 2.24 bits per heavy atom. The van der Waals surface area contributed by atoms with Crippen LogP contribution in [-0.2, 0) is 0 Å². The van der Waals surface area contributed by atoms with Crippen LogP contribution in [0.4, 0.5) is 0 Å². The molecular weight excluding hydrogens is 242 g/mol. The van der Waals surface area contributed by atoms with Crippen molar-refractivity contribution in [2.45, 2.75) is 6.04 Å². The SMILES string of the molecule is O=c1c2c(O)cccc2nc(Cl)n1C1CNC1. The number of hydrogen-bond acceptors (Lipinski definition) is 4. The largest absolute Gasteiger partial charge is 0.507 e. The van der Waals surface area contributed by atoms with Gasteiger partial charge in [-0.2, -0.15) is 0 Å². The van der Waals surface area contributed by atoms with Crippen LogP contribution in [0.1, 0.15) is 6.04 Å². The monoisotopic (exact) mass is 251 g/mol. The summed E-state index contributed by atoms with van der Waals surface area (Å²) >= 11 is 6.01. The van der Waals surface area contributed by atoms with E-state index in [0.29, 0.717) is 18.6 Å². The Labute approximate surface area is 102 Å². The lowest BCUT2D eigenvalue weighted by molar-refractivity contribution is 0.335. The number of hydrogen-bond donors (Lipinski definition) is 2. The molecule has 17 heavy (non-hydrogen) atoms. The van der Waals surface area contributed by atoms with Crippen LogP contribution in [0.3, 0.4) is 0 Å². The minimum atomic E-state index is -0.287. The molecule has 1 aromatic carbocycles. The fourth-order valence-electron chi connectivity index (χ4n) is 1.97. The van der Waals surface area contributed by atoms with E-state index >= 15 is 0 Å². The van der Waals surface area contributed by atoms with Crippen molar-refractivity contribution < 1.29 is 5.11 Å². The lowest BCUT2D eigenvalue weighted by Gasteiger charge is -2.29. The van der Waals surface area contributed by atoms with Crippen LogP contribution < -0.4 is 10.9 Å². The Kier molecular flexibility index (Phi) is 2.31. The zero-order valence-corrected chi connectivity index (χ0v) is 9.61. The Hall–Kier alpha value is -1.59. The van der Waals surface area contributed by atoms with Crippen molar-refractivity contribution in [3.63, 3.8) is 0 Å². The van der Waals surface area contributed by atoms with Gasteiger partial charge < -0.3 is 10.4 Å². The predicted molar refractivity (Wildman–Crippen MR) is 64.6 cm³/mol. The maximum absolute atomic E-state index is 12.3. The fourth-order valence-corrected chi connectivity index (χ4v) is 2.28. The molecule has 1 aromatic heterocycles. The lowest BCUT2D eigenvalue weighted by Crippen LogP contribution is -2.47. The Morgan fingerprint density at radius 1 is 1.47 bits per heavy atom. The first-order chi connectivity index (χ1) is 8.18. The number of phenols is 1. The molecule has 0 amide bonds. The van der Waals surface area contributed by atoms with E-state index in [1.807, 2.05) is 0 Å². The summed E-state index contributed by atoms with van der Waals surface area (Å²) in [6.45, 7) is 1.39. The number of nitrogens with one attached hydrogen (secondary N) is 1. The first-order valence-electron chi connectivity index (χ1n) is 5.29. The van der Waals surface area contributed by atoms with Crippen molar-refractivity contribution >= 4 is 22.5 Å². The molecule has 6 heteroatoms. The third kappa shape index (κ3) is 1.50. The molecule has 1 saturated heterocycles. The number of benzene rings is 1. The summed E-state index contributed by atoms with van der Waals surface area (Å²) in [6, 6.07) is 4.79. The van der Waals surface area contributed by atoms with Gasteiger partial charge >= 0.3 is 0 Å². The number of phenolic OH excluding ortho intramolecular Hbond substituents is 1. The number of halogens is 1. The second kappa shape index (κ2) is 3.72. The summed E-state index contributed by atoms with van der Waals surface area (Å²) in [6.07, 6.45) is 0. The van der Waals surface area contributed by atoms with Gasteiger partial charge in [-0.1, -0.05) is 6.07 Å². The van der Waals surface area contributed by atoms with E-state index in [1.165, 1.54) is 10.6 Å². The van der Waals surface area contributed by atoms with E-state index in [9.17, 15) is 9.90 Å². The van der Waals surface area contributed by atoms with Crippen molar-refractivity contribution in [3.8, 4) is 5.75 Å². The molecule has 0 saturated carbocycles. The highest BCUT2D eigenvalue weighted by Gasteiger charge is 2.24. The van der Waals surface area contributed by atoms with Gasteiger partial charge in [-0.15, -0.1) is 0 Å². The van der Waals surface area contributed by atoms with Crippen LogP contribution >= 0.6 is 11.6 Å². The van der Waals surface area contributed by atoms with Crippen molar-refractivity contribution in [1.82, 2.24) is 14.9 Å². The molecule has 88 valence electrons. The second-order valence-electron chi connectivity index (χ2n) is 4.04. The summed E-state index contributed by atoms with van der Waals surface area (Å²) in [5, 5.41) is 13.2. The van der Waals surface area contributed by atoms with Gasteiger partial charge in [0.15, 0.2) is 0 Å². The number of fused-ring (bicyclic) bond motifs is 1. The number of rotatable bonds is 1. The smallest absolute Gasteiger partial charge is 0.266 e. The van der Waals surface area contributed by atoms with E-state index in [-0.39, 0.29) is 28.0 Å². The highest BCUT2D eigenvalue weighted by Crippen LogP contribution is 2.23. The molecular formula is C11H10ClN3O2. The zero-order chi connectivity index (χ0) is 12.0. The van der Waals surface area contributed by atoms with Crippen LogP contribution in [0.25, 0.3) is 10.9 Å². The minimum Gasteiger partial charge on any atom is -0.507 e. The molecule has 0 bridgehead atoms. The average molecular weight is 252 g/mol. The van der Waals surface area contributed by atoms with Gasteiger partial charge in [-0.3, -0.25) is 9.36 Å². The topological polar surface area (TPSA) is 67.1 Å². The first kappa shape index (κ1) is 10.6. The Bertz CT molecular complexity index is 649. The van der Waals surface area contributed by atoms with Gasteiger partial charge in [0.2, 0.25) is 5.28 Å². The second-order valence-corrected chi connectivity index (χ2v) is 4.38. The number of nitrogens with zero attached hydrogens (tertiary/aromatic N) is 2. The van der Waals surface area contributed by atoms with Crippen LogP contribution in [0.5, 0.6) is 5.75 Å². The van der Waals surface area contributed by atoms with Crippen LogP contribution in [0.15, 0.2) is 23.0 Å². The number of aromatic nitrogens is 2. The third-order valence-electron chi connectivity index (χ3n) is 2.99. The van der Waals surface area contributed by atoms with Gasteiger partial charge in [-0.05, 0) is 23.7 Å². The Balaban J connectivity index is 2.37. The summed E-state index contributed by atoms with van der Waals surface area (Å²) in [7, 11) is 0. The van der Waals surface area contributed by atoms with Crippen molar-refractivity contribution in [2.75, 3.05) is 13.1 Å². The maximum Gasteiger partial charge on any atom is 0.266 e. The molecule has 1 aliphatic heterocycles. The molecule has 0 spiro atoms. The predicted octanol–water partition coefficient (Wildman–Crippen LogP) is 0.900. The molecule has 0 unspecified atom stereocenters. The zero-order valence-electron chi connectivity index (χ0n) is 8.85. The summed E-state index contributed by atoms with van der Waals surface area (Å²) in [5.74, 6) is -0.0577. The van der Waals surface area contributed by atoms with E-state index in [1.54, 1.807) is 12.1 Å². The molecule has 2 heterocycles. The fraction of sp³-hybridized carbons (Fsp3) is 0.273. The Morgan fingerprint density at radius 3 is 2.88 bits per heavy atom. The highest BCUT2D eigenvalue weighted by atomic mass is 35.5. The summed E-state index contributed by atoms with van der Waals surface area (Å²) in [5.41, 5.74) is 0.133. The lowest BCUT2D eigenvalue weighted by atomic mass is 10.1. The molecule has 0 aliphatic carbocycles. The van der Waals surface area contributed by atoms with Crippen LogP contribution in [0.2, 0.25) is 5.28 Å². The first-order valence-corrected chi connectivity index (χ1v) is 5.66. The molecule has 2 N–H and O–H groups in total. The average Bonchev–Trinajstić information content (AvgIpc) is 2.21. The molecule has 1 aliphatic rings. The summed E-state index contributed by atoms with van der Waals surface area (Å²) < 4.78 is 1.43. The normalized spacial score (nSPS) is 16.1. The molecule has 5 nitrogen and oxygen atoms in total. The standard InChI is InChI=1S/C11H10ClN3O2/c12-11-14-7-2-1-3-8(16)9(7)10(17)15(11)6-4-13-5-6/h1-3,6,13,16H,4-5H2. The highest BCUT2D eigenvalue weighted by molar-refractivity contribution is 6.28. The van der Waals surface area contributed by atoms with Crippen LogP contribution in [-0.4, -0.2) is 27.7 Å². The van der Waals surface area contributed by atoms with Gasteiger partial charge in [0.25, 0.3) is 5.56 Å². The molecule has 0 atom stereocenters. The van der Waals surface area contributed by atoms with Gasteiger partial charge in [-0.25, -0.2) is 4.98 Å². The molecule has 3 rings (SSSR count). The van der Waals surface area contributed by atoms with Gasteiger partial charge in [0.05, 0.1) is 11.6 Å². The number of aromatic hydroxyl groups is 1. The molecule has 2 aromatic rings. The van der Waals surface area contributed by atoms with E-state index in [4.69, 9.17) is 11.6 Å². The maximum atomic E-state index is 12.3. The van der Waals surface area contributed by atoms with E-state index < -0.39 is 0 Å². The molecule has 1 fully saturated rings. The summed E-state index contributed by atoms with van der Waals surface area (Å²) in [4.78, 5) is 16.4. The van der Waals surface area contributed by atoms with Crippen molar-refractivity contribution in [1.29, 1.82) is 0 Å². The van der Waals surface area contributed by atoms with Crippen molar-refractivity contribution in [2.24, 2.45) is 0 Å². The van der Waals surface area contributed by atoms with Gasteiger partial charge in [0.1, 0.15) is 11.1 Å². The minimum absolute atomic E-state index is 0.0199. The van der Waals surface area contributed by atoms with E-state index in [2.05, 4.69) is 10.3 Å². The van der Waals surface area contributed by atoms with E-state index in [0.717, 1.165) is 0 Å².